The molecule has 3 heteroatoms. The van der Waals surface area contributed by atoms with Gasteiger partial charge in [-0.3, -0.25) is 0 Å². The Kier molecular flexibility index (Phi) is 1.59. The van der Waals surface area contributed by atoms with Crippen LogP contribution in [0.25, 0.3) is 11.0 Å². The van der Waals surface area contributed by atoms with E-state index in [9.17, 15) is 9.90 Å². The molecule has 0 saturated heterocycles. The highest BCUT2D eigenvalue weighted by Gasteiger charge is 2.05. The summed E-state index contributed by atoms with van der Waals surface area (Å²) in [5.74, 6) is -0.477. The van der Waals surface area contributed by atoms with Crippen LogP contribution in [-0.4, -0.2) is 5.97 Å². The maximum Gasteiger partial charge on any atom is 0.134 e. The molecule has 0 radical (unpaired) electrons. The van der Waals surface area contributed by atoms with Crippen LogP contribution in [0.5, 0.6) is 0 Å². The fraction of sp³-hybridized carbons (Fsp3) is 0.100. The molecule has 13 heavy (non-hydrogen) atoms. The first-order chi connectivity index (χ1) is 6.18. The first-order valence-corrected chi connectivity index (χ1v) is 3.89. The van der Waals surface area contributed by atoms with Gasteiger partial charge >= 0.3 is 0 Å². The molecule has 1 aromatic carbocycles. The van der Waals surface area contributed by atoms with Crippen LogP contribution in [0.2, 0.25) is 0 Å². The van der Waals surface area contributed by atoms with Gasteiger partial charge in [0.25, 0.3) is 0 Å². The molecule has 2 aromatic rings. The van der Waals surface area contributed by atoms with Crippen molar-refractivity contribution in [2.75, 3.05) is 0 Å². The molecule has 1 aromatic heterocycles. The maximum atomic E-state index is 10.7. The Labute approximate surface area is 74.6 Å². The van der Waals surface area contributed by atoms with Crippen LogP contribution in [0.15, 0.2) is 28.7 Å². The van der Waals surface area contributed by atoms with Crippen molar-refractivity contribution in [3.05, 3.63) is 35.6 Å². The van der Waals surface area contributed by atoms with Gasteiger partial charge in [-0.05, 0) is 19.1 Å². The van der Waals surface area contributed by atoms with E-state index in [0.717, 1.165) is 0 Å². The second kappa shape index (κ2) is 2.62. The van der Waals surface area contributed by atoms with Gasteiger partial charge in [0.05, 0.1) is 5.97 Å². The Balaban J connectivity index is 2.82. The van der Waals surface area contributed by atoms with E-state index < -0.39 is 5.97 Å². The van der Waals surface area contributed by atoms with Crippen molar-refractivity contribution in [3.8, 4) is 0 Å². The second-order valence-corrected chi connectivity index (χ2v) is 2.86. The predicted molar refractivity (Wildman–Crippen MR) is 45.3 cm³/mol. The number of carboxylic acids is 1. The van der Waals surface area contributed by atoms with Crippen molar-refractivity contribution < 1.29 is 14.3 Å². The molecule has 0 aliphatic heterocycles. The van der Waals surface area contributed by atoms with Crippen molar-refractivity contribution >= 4 is 16.9 Å². The molecule has 0 bridgehead atoms. The largest absolute Gasteiger partial charge is 0.545 e. The Morgan fingerprint density at radius 2 is 2.23 bits per heavy atom. The number of aryl methyl sites for hydroxylation is 1. The first kappa shape index (κ1) is 7.86. The van der Waals surface area contributed by atoms with Gasteiger partial charge in [0.2, 0.25) is 0 Å². The van der Waals surface area contributed by atoms with Gasteiger partial charge in [-0.25, -0.2) is 0 Å². The summed E-state index contributed by atoms with van der Waals surface area (Å²) in [5, 5.41) is 11.3. The number of fused-ring (bicyclic) bond motifs is 1. The fourth-order valence-corrected chi connectivity index (χ4v) is 1.37. The van der Waals surface area contributed by atoms with Gasteiger partial charge in [-0.2, -0.15) is 0 Å². The highest BCUT2D eigenvalue weighted by molar-refractivity contribution is 6.01. The molecule has 66 valence electrons. The Morgan fingerprint density at radius 1 is 1.46 bits per heavy atom. The third-order valence-electron chi connectivity index (χ3n) is 1.90. The summed E-state index contributed by atoms with van der Waals surface area (Å²) in [4.78, 5) is 10.7. The quantitative estimate of drug-likeness (QED) is 0.652. The first-order valence-electron chi connectivity index (χ1n) is 3.89. The fourth-order valence-electron chi connectivity index (χ4n) is 1.37. The number of rotatable bonds is 1. The van der Waals surface area contributed by atoms with Gasteiger partial charge in [0.15, 0.2) is 0 Å². The van der Waals surface area contributed by atoms with Crippen LogP contribution in [0.3, 0.4) is 0 Å². The smallest absolute Gasteiger partial charge is 0.134 e. The van der Waals surface area contributed by atoms with Crippen LogP contribution in [-0.2, 0) is 0 Å². The summed E-state index contributed by atoms with van der Waals surface area (Å²) in [7, 11) is 0. The summed E-state index contributed by atoms with van der Waals surface area (Å²) in [6.07, 6.45) is 0. The summed E-state index contributed by atoms with van der Waals surface area (Å²) in [6, 6.07) is 6.57. The minimum atomic E-state index is -1.17. The summed E-state index contributed by atoms with van der Waals surface area (Å²) >= 11 is 0. The summed E-state index contributed by atoms with van der Waals surface area (Å²) in [5.41, 5.74) is 0.758. The maximum absolute atomic E-state index is 10.7. The van der Waals surface area contributed by atoms with Crippen molar-refractivity contribution in [1.82, 2.24) is 0 Å². The molecule has 2 rings (SSSR count). The lowest BCUT2D eigenvalue weighted by Crippen LogP contribution is -2.22. The third-order valence-corrected chi connectivity index (χ3v) is 1.90. The number of hydrogen-bond acceptors (Lipinski definition) is 3. The highest BCUT2D eigenvalue weighted by Crippen LogP contribution is 2.21. The minimum absolute atomic E-state index is 0.175. The molecule has 0 N–H and O–H groups in total. The van der Waals surface area contributed by atoms with Crippen LogP contribution >= 0.6 is 0 Å². The zero-order valence-electron chi connectivity index (χ0n) is 7.03. The molecule has 0 amide bonds. The minimum Gasteiger partial charge on any atom is -0.545 e. The van der Waals surface area contributed by atoms with E-state index in [1.165, 1.54) is 6.07 Å². The van der Waals surface area contributed by atoms with E-state index in [4.69, 9.17) is 4.42 Å². The van der Waals surface area contributed by atoms with Crippen LogP contribution in [0.4, 0.5) is 0 Å². The number of carboxylic acid groups (broad SMARTS) is 1. The molecule has 0 saturated carbocycles. The zero-order valence-corrected chi connectivity index (χ0v) is 7.03. The molecular formula is C10H7O3-. The van der Waals surface area contributed by atoms with E-state index in [1.54, 1.807) is 25.1 Å². The number of carbonyl (C=O) groups is 1. The van der Waals surface area contributed by atoms with E-state index in [1.807, 2.05) is 0 Å². The monoisotopic (exact) mass is 175 g/mol. The SMILES string of the molecule is Cc1cc2c(C(=O)[O-])cccc2o1. The third kappa shape index (κ3) is 1.18. The van der Waals surface area contributed by atoms with Crippen molar-refractivity contribution in [2.45, 2.75) is 6.92 Å². The normalized spacial score (nSPS) is 10.5. The predicted octanol–water partition coefficient (Wildman–Crippen LogP) is 1.10. The lowest BCUT2D eigenvalue weighted by molar-refractivity contribution is -0.254. The summed E-state index contributed by atoms with van der Waals surface area (Å²) < 4.78 is 5.27. The average Bonchev–Trinajstić information content (AvgIpc) is 2.43. The zero-order chi connectivity index (χ0) is 9.42. The van der Waals surface area contributed by atoms with Gasteiger partial charge < -0.3 is 14.3 Å². The Hall–Kier alpha value is -1.77. The van der Waals surface area contributed by atoms with Crippen molar-refractivity contribution in [2.24, 2.45) is 0 Å². The van der Waals surface area contributed by atoms with E-state index >= 15 is 0 Å². The van der Waals surface area contributed by atoms with Crippen LogP contribution < -0.4 is 5.11 Å². The second-order valence-electron chi connectivity index (χ2n) is 2.86. The number of aromatic carboxylic acids is 1. The van der Waals surface area contributed by atoms with Crippen molar-refractivity contribution in [3.63, 3.8) is 0 Å². The van der Waals surface area contributed by atoms with Gasteiger partial charge in [0, 0.05) is 10.9 Å². The topological polar surface area (TPSA) is 53.3 Å². The van der Waals surface area contributed by atoms with E-state index in [0.29, 0.717) is 16.7 Å². The Morgan fingerprint density at radius 3 is 2.92 bits per heavy atom. The number of benzene rings is 1. The molecule has 0 atom stereocenters. The highest BCUT2D eigenvalue weighted by atomic mass is 16.4. The van der Waals surface area contributed by atoms with E-state index in [2.05, 4.69) is 0 Å². The number of furan rings is 1. The average molecular weight is 175 g/mol. The molecule has 0 aliphatic carbocycles. The molecule has 0 fully saturated rings. The Bertz CT molecular complexity index is 468. The molecule has 0 spiro atoms. The number of carbonyl (C=O) groups excluding carboxylic acids is 1. The standard InChI is InChI=1S/C10H8O3/c1-6-5-8-7(10(11)12)3-2-4-9(8)13-6/h2-5H,1H3,(H,11,12)/p-1. The lowest BCUT2D eigenvalue weighted by atomic mass is 10.1. The van der Waals surface area contributed by atoms with Gasteiger partial charge in [0.1, 0.15) is 11.3 Å². The number of hydrogen-bond donors (Lipinski definition) is 0. The van der Waals surface area contributed by atoms with Gasteiger partial charge in [-0.1, -0.05) is 12.1 Å². The molecule has 3 nitrogen and oxygen atoms in total. The van der Waals surface area contributed by atoms with Crippen LogP contribution in [0.1, 0.15) is 16.1 Å². The summed E-state index contributed by atoms with van der Waals surface area (Å²) in [6.45, 7) is 1.78. The van der Waals surface area contributed by atoms with Gasteiger partial charge in [-0.15, -0.1) is 0 Å². The van der Waals surface area contributed by atoms with E-state index in [-0.39, 0.29) is 5.56 Å². The molecular weight excluding hydrogens is 168 g/mol. The lowest BCUT2D eigenvalue weighted by Gasteiger charge is -2.01. The molecule has 0 aliphatic rings. The van der Waals surface area contributed by atoms with Crippen LogP contribution in [0, 0.1) is 6.92 Å². The van der Waals surface area contributed by atoms with Crippen molar-refractivity contribution in [1.29, 1.82) is 0 Å². The molecule has 0 unspecified atom stereocenters. The molecule has 1 heterocycles.